The van der Waals surface area contributed by atoms with E-state index in [9.17, 15) is 5.11 Å². The molecule has 1 N–H and O–H groups in total. The van der Waals surface area contributed by atoms with Gasteiger partial charge < -0.3 is 5.11 Å². The molecular formula is C11H23NO. The van der Waals surface area contributed by atoms with E-state index in [1.165, 1.54) is 12.8 Å². The Kier molecular flexibility index (Phi) is 3.74. The Balaban J connectivity index is 2.48. The monoisotopic (exact) mass is 185 g/mol. The molecule has 0 aliphatic carbocycles. The van der Waals surface area contributed by atoms with E-state index in [1.54, 1.807) is 0 Å². The van der Waals surface area contributed by atoms with Gasteiger partial charge in [0.15, 0.2) is 0 Å². The van der Waals surface area contributed by atoms with Gasteiger partial charge in [0.25, 0.3) is 0 Å². The Morgan fingerprint density at radius 3 is 2.69 bits per heavy atom. The number of rotatable bonds is 3. The van der Waals surface area contributed by atoms with Gasteiger partial charge in [-0.05, 0) is 39.7 Å². The first-order chi connectivity index (χ1) is 6.06. The fraction of sp³-hybridized carbons (Fsp3) is 1.00. The summed E-state index contributed by atoms with van der Waals surface area (Å²) in [6.45, 7) is 8.82. The van der Waals surface area contributed by atoms with Crippen molar-refractivity contribution in [3.63, 3.8) is 0 Å². The molecule has 13 heavy (non-hydrogen) atoms. The molecule has 0 bridgehead atoms. The molecule has 1 atom stereocenters. The second-order valence-corrected chi connectivity index (χ2v) is 4.80. The highest BCUT2D eigenvalue weighted by Gasteiger charge is 2.29. The van der Waals surface area contributed by atoms with E-state index >= 15 is 0 Å². The smallest absolute Gasteiger partial charge is 0.0667 e. The minimum absolute atomic E-state index is 0.0927. The summed E-state index contributed by atoms with van der Waals surface area (Å²) in [7, 11) is 0. The molecule has 2 nitrogen and oxygen atoms in total. The average molecular weight is 185 g/mol. The van der Waals surface area contributed by atoms with Crippen LogP contribution in [0.2, 0.25) is 0 Å². The maximum atomic E-state index is 9.57. The summed E-state index contributed by atoms with van der Waals surface area (Å²) in [5.41, 5.74) is 0.274. The summed E-state index contributed by atoms with van der Waals surface area (Å²) in [5, 5.41) is 9.57. The maximum absolute atomic E-state index is 9.57. The van der Waals surface area contributed by atoms with E-state index in [4.69, 9.17) is 0 Å². The first kappa shape index (κ1) is 11.0. The maximum Gasteiger partial charge on any atom is 0.0667 e. The van der Waals surface area contributed by atoms with Crippen molar-refractivity contribution in [3.8, 4) is 0 Å². The molecule has 1 rings (SSSR count). The minimum Gasteiger partial charge on any atom is -0.392 e. The number of piperidine rings is 1. The molecule has 0 aromatic heterocycles. The molecule has 0 aromatic carbocycles. The lowest BCUT2D eigenvalue weighted by molar-refractivity contribution is 0.0114. The van der Waals surface area contributed by atoms with Crippen LogP contribution in [0, 0.1) is 0 Å². The van der Waals surface area contributed by atoms with Crippen LogP contribution in [0.5, 0.6) is 0 Å². The fourth-order valence-corrected chi connectivity index (χ4v) is 2.27. The van der Waals surface area contributed by atoms with E-state index < -0.39 is 0 Å². The molecule has 1 saturated heterocycles. The van der Waals surface area contributed by atoms with Crippen LogP contribution in [-0.2, 0) is 0 Å². The topological polar surface area (TPSA) is 23.5 Å². The second kappa shape index (κ2) is 4.43. The molecule has 1 heterocycles. The lowest BCUT2D eigenvalue weighted by atomic mass is 9.93. The molecule has 0 spiro atoms. The Bertz CT molecular complexity index is 156. The van der Waals surface area contributed by atoms with Crippen molar-refractivity contribution in [2.45, 2.75) is 58.1 Å². The van der Waals surface area contributed by atoms with E-state index in [0.29, 0.717) is 0 Å². The van der Waals surface area contributed by atoms with E-state index in [1.807, 2.05) is 0 Å². The van der Waals surface area contributed by atoms with Crippen molar-refractivity contribution in [1.82, 2.24) is 4.90 Å². The predicted molar refractivity (Wildman–Crippen MR) is 55.8 cm³/mol. The van der Waals surface area contributed by atoms with Crippen LogP contribution < -0.4 is 0 Å². The molecule has 2 heteroatoms. The lowest BCUT2D eigenvalue weighted by Crippen LogP contribution is -2.50. The third-order valence-corrected chi connectivity index (χ3v) is 3.11. The Morgan fingerprint density at radius 2 is 2.15 bits per heavy atom. The molecule has 0 saturated carbocycles. The highest BCUT2D eigenvalue weighted by atomic mass is 16.3. The van der Waals surface area contributed by atoms with Gasteiger partial charge in [-0.1, -0.05) is 13.3 Å². The Hall–Kier alpha value is -0.0800. The van der Waals surface area contributed by atoms with Gasteiger partial charge in [0, 0.05) is 12.1 Å². The van der Waals surface area contributed by atoms with Gasteiger partial charge >= 0.3 is 0 Å². The van der Waals surface area contributed by atoms with Crippen LogP contribution >= 0.6 is 0 Å². The van der Waals surface area contributed by atoms with Crippen LogP contribution in [0.1, 0.15) is 46.5 Å². The number of hydrogen-bond donors (Lipinski definition) is 1. The third kappa shape index (κ3) is 2.96. The van der Waals surface area contributed by atoms with Crippen LogP contribution in [0.15, 0.2) is 0 Å². The number of hydrogen-bond acceptors (Lipinski definition) is 2. The van der Waals surface area contributed by atoms with Crippen LogP contribution in [0.3, 0.4) is 0 Å². The van der Waals surface area contributed by atoms with Crippen molar-refractivity contribution in [1.29, 1.82) is 0 Å². The number of aliphatic hydroxyl groups excluding tert-OH is 1. The molecule has 0 aromatic rings. The van der Waals surface area contributed by atoms with Crippen molar-refractivity contribution >= 4 is 0 Å². The largest absolute Gasteiger partial charge is 0.392 e. The van der Waals surface area contributed by atoms with E-state index in [-0.39, 0.29) is 11.6 Å². The van der Waals surface area contributed by atoms with Crippen molar-refractivity contribution < 1.29 is 5.11 Å². The van der Waals surface area contributed by atoms with Gasteiger partial charge in [-0.15, -0.1) is 0 Å². The van der Waals surface area contributed by atoms with Crippen LogP contribution in [0.4, 0.5) is 0 Å². The zero-order valence-electron chi connectivity index (χ0n) is 9.21. The number of β-amino-alcohol motifs (C(OH)–C–C–N with tert-alkyl or cyclic N) is 1. The van der Waals surface area contributed by atoms with Crippen LogP contribution in [0.25, 0.3) is 0 Å². The van der Waals surface area contributed by atoms with E-state index in [0.717, 1.165) is 25.9 Å². The van der Waals surface area contributed by atoms with Gasteiger partial charge in [-0.3, -0.25) is 4.90 Å². The normalized spacial score (nSPS) is 26.3. The second-order valence-electron chi connectivity index (χ2n) is 4.80. The standard InChI is InChI=1S/C11H23NO/c1-4-7-11(2,3)12-8-5-6-10(13)9-12/h10,13H,4-9H2,1-3H3/t10-/m1/s1. The summed E-state index contributed by atoms with van der Waals surface area (Å²) in [4.78, 5) is 2.44. The zero-order valence-corrected chi connectivity index (χ0v) is 9.21. The van der Waals surface area contributed by atoms with Gasteiger partial charge in [-0.2, -0.15) is 0 Å². The number of likely N-dealkylation sites (tertiary alicyclic amines) is 1. The van der Waals surface area contributed by atoms with Crippen molar-refractivity contribution in [2.24, 2.45) is 0 Å². The number of aliphatic hydroxyl groups is 1. The molecule has 78 valence electrons. The Labute approximate surface area is 81.9 Å². The molecule has 1 fully saturated rings. The fourth-order valence-electron chi connectivity index (χ4n) is 2.27. The average Bonchev–Trinajstić information content (AvgIpc) is 2.04. The quantitative estimate of drug-likeness (QED) is 0.727. The van der Waals surface area contributed by atoms with E-state index in [2.05, 4.69) is 25.7 Å². The highest BCUT2D eigenvalue weighted by molar-refractivity contribution is 4.85. The summed E-state index contributed by atoms with van der Waals surface area (Å²) in [6.07, 6.45) is 4.48. The summed E-state index contributed by atoms with van der Waals surface area (Å²) >= 11 is 0. The molecular weight excluding hydrogens is 162 g/mol. The molecule has 0 radical (unpaired) electrons. The molecule has 1 aliphatic rings. The first-order valence-corrected chi connectivity index (χ1v) is 5.49. The predicted octanol–water partition coefficient (Wildman–Crippen LogP) is 2.02. The highest BCUT2D eigenvalue weighted by Crippen LogP contribution is 2.24. The summed E-state index contributed by atoms with van der Waals surface area (Å²) in [5.74, 6) is 0. The lowest BCUT2D eigenvalue weighted by Gasteiger charge is -2.42. The molecule has 1 aliphatic heterocycles. The van der Waals surface area contributed by atoms with Gasteiger partial charge in [-0.25, -0.2) is 0 Å². The molecule has 0 amide bonds. The van der Waals surface area contributed by atoms with Gasteiger partial charge in [0.2, 0.25) is 0 Å². The van der Waals surface area contributed by atoms with Crippen molar-refractivity contribution in [2.75, 3.05) is 13.1 Å². The SMILES string of the molecule is CCCC(C)(C)N1CCC[C@@H](O)C1. The third-order valence-electron chi connectivity index (χ3n) is 3.11. The Morgan fingerprint density at radius 1 is 1.46 bits per heavy atom. The zero-order chi connectivity index (χ0) is 9.90. The number of nitrogens with zero attached hydrogens (tertiary/aromatic N) is 1. The summed E-state index contributed by atoms with van der Waals surface area (Å²) in [6, 6.07) is 0. The first-order valence-electron chi connectivity index (χ1n) is 5.49. The van der Waals surface area contributed by atoms with Crippen molar-refractivity contribution in [3.05, 3.63) is 0 Å². The van der Waals surface area contributed by atoms with Gasteiger partial charge in [0.1, 0.15) is 0 Å². The minimum atomic E-state index is -0.0927. The van der Waals surface area contributed by atoms with Gasteiger partial charge in [0.05, 0.1) is 6.10 Å². The van der Waals surface area contributed by atoms with Crippen LogP contribution in [-0.4, -0.2) is 34.7 Å². The molecule has 0 unspecified atom stereocenters. The summed E-state index contributed by atoms with van der Waals surface area (Å²) < 4.78 is 0.